The highest BCUT2D eigenvalue weighted by Gasteiger charge is 2.52. The van der Waals surface area contributed by atoms with Gasteiger partial charge in [-0.05, 0) is 43.0 Å². The van der Waals surface area contributed by atoms with Crippen molar-refractivity contribution < 1.29 is 9.59 Å². The second-order valence-electron chi connectivity index (χ2n) is 5.76. The summed E-state index contributed by atoms with van der Waals surface area (Å²) < 4.78 is 0. The molecule has 20 heavy (non-hydrogen) atoms. The first-order valence-electron chi connectivity index (χ1n) is 6.50. The molecule has 1 aromatic rings. The number of halogens is 2. The van der Waals surface area contributed by atoms with Gasteiger partial charge in [0.25, 0.3) is 0 Å². The van der Waals surface area contributed by atoms with Crippen LogP contribution in [0, 0.1) is 12.8 Å². The molecular weight excluding hydrogens is 297 g/mol. The Morgan fingerprint density at radius 1 is 1.25 bits per heavy atom. The lowest BCUT2D eigenvalue weighted by Crippen LogP contribution is -2.48. The van der Waals surface area contributed by atoms with Gasteiger partial charge in [0, 0.05) is 10.0 Å². The molecule has 1 amide bonds. The lowest BCUT2D eigenvalue weighted by atomic mass is 9.80. The number of Topliss-reactive ketones (excluding diaryl/α,β-unsaturated/α-hetero) is 1. The molecule has 2 atom stereocenters. The number of hydrogen-bond acceptors (Lipinski definition) is 2. The van der Waals surface area contributed by atoms with Crippen molar-refractivity contribution in [1.82, 2.24) is 5.32 Å². The third-order valence-corrected chi connectivity index (χ3v) is 4.69. The van der Waals surface area contributed by atoms with Crippen LogP contribution in [-0.2, 0) is 9.59 Å². The van der Waals surface area contributed by atoms with Crippen LogP contribution in [-0.4, -0.2) is 17.2 Å². The van der Waals surface area contributed by atoms with E-state index in [1.807, 2.05) is 13.8 Å². The van der Waals surface area contributed by atoms with Crippen molar-refractivity contribution in [3.8, 4) is 0 Å². The van der Waals surface area contributed by atoms with E-state index in [2.05, 4.69) is 5.32 Å². The van der Waals surface area contributed by atoms with Crippen molar-refractivity contribution in [2.24, 2.45) is 5.92 Å². The molecule has 5 heteroatoms. The van der Waals surface area contributed by atoms with Crippen molar-refractivity contribution in [3.63, 3.8) is 0 Å². The fourth-order valence-electron chi connectivity index (χ4n) is 2.58. The van der Waals surface area contributed by atoms with E-state index in [9.17, 15) is 9.59 Å². The van der Waals surface area contributed by atoms with E-state index in [1.165, 1.54) is 0 Å². The van der Waals surface area contributed by atoms with Gasteiger partial charge >= 0.3 is 0 Å². The monoisotopic (exact) mass is 313 g/mol. The van der Waals surface area contributed by atoms with Crippen molar-refractivity contribution >= 4 is 34.9 Å². The molecule has 1 N–H and O–H groups in total. The molecule has 0 saturated carbocycles. The van der Waals surface area contributed by atoms with Gasteiger partial charge in [-0.3, -0.25) is 9.59 Å². The van der Waals surface area contributed by atoms with Crippen LogP contribution in [0.2, 0.25) is 10.0 Å². The number of benzene rings is 1. The van der Waals surface area contributed by atoms with Gasteiger partial charge in [-0.2, -0.15) is 0 Å². The van der Waals surface area contributed by atoms with Crippen molar-refractivity contribution in [3.05, 3.63) is 33.3 Å². The number of aryl methyl sites for hydroxylation is 1. The molecule has 0 bridgehead atoms. The van der Waals surface area contributed by atoms with Gasteiger partial charge in [-0.15, -0.1) is 0 Å². The maximum atomic E-state index is 12.7. The summed E-state index contributed by atoms with van der Waals surface area (Å²) in [5.74, 6) is -1.27. The highest BCUT2D eigenvalue weighted by Crippen LogP contribution is 2.39. The second-order valence-corrected chi connectivity index (χ2v) is 6.61. The lowest BCUT2D eigenvalue weighted by Gasteiger charge is -2.27. The fraction of sp³-hybridized carbons (Fsp3) is 0.467. The summed E-state index contributed by atoms with van der Waals surface area (Å²) in [6.45, 7) is 7.39. The highest BCUT2D eigenvalue weighted by atomic mass is 35.5. The molecule has 0 aromatic heterocycles. The first kappa shape index (κ1) is 15.3. The van der Waals surface area contributed by atoms with Crippen molar-refractivity contribution in [2.45, 2.75) is 39.2 Å². The zero-order valence-electron chi connectivity index (χ0n) is 11.9. The first-order valence-corrected chi connectivity index (χ1v) is 7.26. The van der Waals surface area contributed by atoms with E-state index >= 15 is 0 Å². The molecule has 0 spiro atoms. The highest BCUT2D eigenvalue weighted by molar-refractivity contribution is 6.36. The summed E-state index contributed by atoms with van der Waals surface area (Å²) in [6, 6.07) is 3.28. The molecule has 1 heterocycles. The van der Waals surface area contributed by atoms with Crippen LogP contribution in [0.4, 0.5) is 0 Å². The van der Waals surface area contributed by atoms with Crippen LogP contribution in [0.15, 0.2) is 12.1 Å². The molecule has 3 nitrogen and oxygen atoms in total. The molecule has 0 radical (unpaired) electrons. The van der Waals surface area contributed by atoms with E-state index in [1.54, 1.807) is 26.0 Å². The first-order chi connectivity index (χ1) is 9.18. The third kappa shape index (κ3) is 2.23. The Labute approximate surface area is 128 Å². The number of amides is 1. The summed E-state index contributed by atoms with van der Waals surface area (Å²) in [6.07, 6.45) is 0. The van der Waals surface area contributed by atoms with Gasteiger partial charge in [0.05, 0.1) is 5.54 Å². The average molecular weight is 314 g/mol. The Kier molecular flexibility index (Phi) is 3.87. The summed E-state index contributed by atoms with van der Waals surface area (Å²) >= 11 is 12.1. The van der Waals surface area contributed by atoms with Crippen LogP contribution in [0.3, 0.4) is 0 Å². The minimum absolute atomic E-state index is 0.00957. The van der Waals surface area contributed by atoms with E-state index in [4.69, 9.17) is 23.2 Å². The molecule has 1 aliphatic rings. The number of rotatable bonds is 2. The molecule has 1 fully saturated rings. The number of nitrogens with one attached hydrogen (secondary N) is 1. The number of carbonyl (C=O) groups excluding carboxylic acids is 2. The molecule has 2 unspecified atom stereocenters. The molecule has 1 aromatic carbocycles. The third-order valence-electron chi connectivity index (χ3n) is 4.16. The smallest absolute Gasteiger partial charge is 0.236 e. The van der Waals surface area contributed by atoms with Gasteiger partial charge in [-0.25, -0.2) is 0 Å². The van der Waals surface area contributed by atoms with Crippen LogP contribution in [0.5, 0.6) is 0 Å². The minimum Gasteiger partial charge on any atom is -0.343 e. The predicted octanol–water partition coefficient (Wildman–Crippen LogP) is 3.50. The molecule has 0 aliphatic carbocycles. The summed E-state index contributed by atoms with van der Waals surface area (Å²) in [7, 11) is 0. The molecule has 1 aliphatic heterocycles. The van der Waals surface area contributed by atoms with Crippen LogP contribution >= 0.6 is 23.2 Å². The summed E-state index contributed by atoms with van der Waals surface area (Å²) in [5, 5.41) is 3.67. The molecular formula is C15H17Cl2NO2. The van der Waals surface area contributed by atoms with Crippen LogP contribution < -0.4 is 5.32 Å². The maximum Gasteiger partial charge on any atom is 0.236 e. The molecule has 108 valence electrons. The Morgan fingerprint density at radius 2 is 1.85 bits per heavy atom. The zero-order valence-corrected chi connectivity index (χ0v) is 13.4. The summed E-state index contributed by atoms with van der Waals surface area (Å²) in [5.41, 5.74) is 0.462. The second kappa shape index (κ2) is 5.05. The maximum absolute atomic E-state index is 12.7. The number of carbonyl (C=O) groups is 2. The number of hydrogen-bond donors (Lipinski definition) is 1. The Balaban J connectivity index is 2.55. The van der Waals surface area contributed by atoms with Crippen molar-refractivity contribution in [1.29, 1.82) is 0 Å². The zero-order chi connectivity index (χ0) is 15.2. The lowest BCUT2D eigenvalue weighted by molar-refractivity contribution is -0.125. The topological polar surface area (TPSA) is 46.2 Å². The Hall–Kier alpha value is -1.06. The van der Waals surface area contributed by atoms with E-state index in [0.29, 0.717) is 15.6 Å². The van der Waals surface area contributed by atoms with Gasteiger partial charge < -0.3 is 5.32 Å². The van der Waals surface area contributed by atoms with E-state index in [0.717, 1.165) is 5.56 Å². The fourth-order valence-corrected chi connectivity index (χ4v) is 3.28. The van der Waals surface area contributed by atoms with Gasteiger partial charge in [0.1, 0.15) is 5.92 Å². The van der Waals surface area contributed by atoms with E-state index < -0.39 is 11.5 Å². The van der Waals surface area contributed by atoms with Crippen molar-refractivity contribution in [2.75, 3.05) is 0 Å². The minimum atomic E-state index is -0.854. The van der Waals surface area contributed by atoms with Gasteiger partial charge in [-0.1, -0.05) is 37.0 Å². The standard InChI is InChI=1S/C15H17Cl2NO2/c1-7(2)15(4)13(19)12(14(20)18-15)11-8(3)5-9(16)6-10(11)17/h5-7,12H,1-4H3,(H,18,20). The number of ketones is 1. The summed E-state index contributed by atoms with van der Waals surface area (Å²) in [4.78, 5) is 25.0. The van der Waals surface area contributed by atoms with Gasteiger partial charge in [0.2, 0.25) is 5.91 Å². The van der Waals surface area contributed by atoms with Gasteiger partial charge in [0.15, 0.2) is 5.78 Å². The largest absolute Gasteiger partial charge is 0.343 e. The quantitative estimate of drug-likeness (QED) is 0.849. The SMILES string of the molecule is Cc1cc(Cl)cc(Cl)c1C1C(=O)NC(C)(C(C)C)C1=O. The van der Waals surface area contributed by atoms with Crippen LogP contribution in [0.1, 0.15) is 37.8 Å². The molecule has 2 rings (SSSR count). The normalized spacial score (nSPS) is 26.2. The Bertz CT molecular complexity index is 575. The van der Waals surface area contributed by atoms with E-state index in [-0.39, 0.29) is 17.6 Å². The average Bonchev–Trinajstić information content (AvgIpc) is 2.52. The predicted molar refractivity (Wildman–Crippen MR) is 80.3 cm³/mol. The molecule has 1 saturated heterocycles. The van der Waals surface area contributed by atoms with Crippen LogP contribution in [0.25, 0.3) is 0 Å². The Morgan fingerprint density at radius 3 is 2.30 bits per heavy atom.